The van der Waals surface area contributed by atoms with Crippen molar-refractivity contribution in [1.82, 2.24) is 4.31 Å². The minimum absolute atomic E-state index is 0.0655. The number of sulfonamides is 1. The number of hydrogen-bond donors (Lipinski definition) is 2. The van der Waals surface area contributed by atoms with Crippen LogP contribution in [0.25, 0.3) is 10.8 Å². The molecule has 2 aliphatic heterocycles. The number of amides is 2. The Morgan fingerprint density at radius 2 is 2.05 bits per heavy atom. The monoisotopic (exact) mass is 620 g/mol. The van der Waals surface area contributed by atoms with Gasteiger partial charge >= 0.3 is 0 Å². The fourth-order valence-electron chi connectivity index (χ4n) is 5.67. The molecule has 5 rings (SSSR count). The molecule has 1 fully saturated rings. The van der Waals surface area contributed by atoms with Crippen molar-refractivity contribution in [2.24, 2.45) is 5.92 Å². The van der Waals surface area contributed by atoms with E-state index in [4.69, 9.17) is 10.1 Å². The molecule has 1 saturated heterocycles. The number of aryl methyl sites for hydroxylation is 1. The summed E-state index contributed by atoms with van der Waals surface area (Å²) in [6.07, 6.45) is 8.91. The van der Waals surface area contributed by atoms with Crippen LogP contribution in [0.5, 0.6) is 0 Å². The second-order valence-electron chi connectivity index (χ2n) is 10.7. The molecule has 2 aliphatic rings. The van der Waals surface area contributed by atoms with Crippen molar-refractivity contribution in [3.63, 3.8) is 0 Å². The summed E-state index contributed by atoms with van der Waals surface area (Å²) >= 11 is 1.09. The van der Waals surface area contributed by atoms with Crippen molar-refractivity contribution in [3.8, 4) is 0 Å². The molecule has 2 amide bonds. The molecule has 2 aromatic carbocycles. The van der Waals surface area contributed by atoms with Gasteiger partial charge in [-0.1, -0.05) is 30.4 Å². The molecule has 0 aliphatic carbocycles. The first-order valence-electron chi connectivity index (χ1n) is 14.3. The molecule has 3 aromatic rings. The van der Waals surface area contributed by atoms with Gasteiger partial charge in [0.15, 0.2) is 0 Å². The van der Waals surface area contributed by atoms with Gasteiger partial charge in [0.1, 0.15) is 4.21 Å². The van der Waals surface area contributed by atoms with Gasteiger partial charge in [-0.25, -0.2) is 8.42 Å². The van der Waals surface area contributed by atoms with Gasteiger partial charge in [0.25, 0.3) is 15.9 Å². The SMILES string of the molecule is C/C=C\C=C/C(=N)c1sc(S(=O)(=O)N2CCCC(C(=O)Nc3ccc4c5c(cccc35)C(=O)N4CCCOC)C2)cc1C. The Labute approximate surface area is 256 Å². The predicted molar refractivity (Wildman–Crippen MR) is 172 cm³/mol. The number of rotatable bonds is 11. The quantitative estimate of drug-likeness (QED) is 0.161. The number of nitrogens with zero attached hydrogens (tertiary/aromatic N) is 2. The van der Waals surface area contributed by atoms with Gasteiger partial charge in [0.2, 0.25) is 5.91 Å². The van der Waals surface area contributed by atoms with Gasteiger partial charge in [0, 0.05) is 55.4 Å². The predicted octanol–water partition coefficient (Wildman–Crippen LogP) is 5.75. The molecule has 0 spiro atoms. The molecule has 226 valence electrons. The van der Waals surface area contributed by atoms with Crippen molar-refractivity contribution in [2.75, 3.05) is 43.6 Å². The van der Waals surface area contributed by atoms with Crippen LogP contribution in [0.15, 0.2) is 64.9 Å². The largest absolute Gasteiger partial charge is 0.385 e. The highest BCUT2D eigenvalue weighted by Gasteiger charge is 2.35. The van der Waals surface area contributed by atoms with E-state index in [1.807, 2.05) is 43.3 Å². The Hall–Kier alpha value is -3.64. The maximum absolute atomic E-state index is 13.6. The van der Waals surface area contributed by atoms with E-state index in [0.717, 1.165) is 33.4 Å². The fourth-order valence-corrected chi connectivity index (χ4v) is 8.81. The van der Waals surface area contributed by atoms with Crippen molar-refractivity contribution in [2.45, 2.75) is 37.3 Å². The van der Waals surface area contributed by atoms with E-state index in [1.54, 1.807) is 43.2 Å². The summed E-state index contributed by atoms with van der Waals surface area (Å²) < 4.78 is 34.0. The fraction of sp³-hybridized carbons (Fsp3) is 0.344. The molecule has 43 heavy (non-hydrogen) atoms. The van der Waals surface area contributed by atoms with Crippen molar-refractivity contribution in [1.29, 1.82) is 5.41 Å². The third-order valence-corrected chi connectivity index (χ3v) is 11.4. The number of carbonyl (C=O) groups is 2. The van der Waals surface area contributed by atoms with Crippen LogP contribution in [0.1, 0.15) is 47.0 Å². The average molecular weight is 621 g/mol. The first-order valence-corrected chi connectivity index (χ1v) is 16.6. The summed E-state index contributed by atoms with van der Waals surface area (Å²) in [5.41, 5.74) is 3.00. The highest BCUT2D eigenvalue weighted by Crippen LogP contribution is 2.41. The maximum Gasteiger partial charge on any atom is 0.258 e. The minimum Gasteiger partial charge on any atom is -0.385 e. The summed E-state index contributed by atoms with van der Waals surface area (Å²) in [7, 11) is -2.20. The van der Waals surface area contributed by atoms with E-state index >= 15 is 0 Å². The number of allylic oxidation sites excluding steroid dienone is 4. The zero-order valence-electron chi connectivity index (χ0n) is 24.6. The van der Waals surface area contributed by atoms with Crippen LogP contribution in [0.4, 0.5) is 11.4 Å². The minimum atomic E-state index is -3.84. The van der Waals surface area contributed by atoms with Gasteiger partial charge in [-0.3, -0.25) is 15.0 Å². The summed E-state index contributed by atoms with van der Waals surface area (Å²) in [6, 6.07) is 10.8. The van der Waals surface area contributed by atoms with Crippen molar-refractivity contribution >= 4 is 61.0 Å². The Morgan fingerprint density at radius 3 is 2.81 bits per heavy atom. The molecular weight excluding hydrogens is 585 g/mol. The maximum atomic E-state index is 13.6. The molecular formula is C32H36N4O5S2. The van der Waals surface area contributed by atoms with E-state index < -0.39 is 15.9 Å². The molecule has 0 radical (unpaired) electrons. The molecule has 9 nitrogen and oxygen atoms in total. The lowest BCUT2D eigenvalue weighted by molar-refractivity contribution is -0.120. The summed E-state index contributed by atoms with van der Waals surface area (Å²) in [5.74, 6) is -0.841. The van der Waals surface area contributed by atoms with Crippen LogP contribution in [0, 0.1) is 18.3 Å². The molecule has 1 aromatic heterocycles. The topological polar surface area (TPSA) is 120 Å². The lowest BCUT2D eigenvalue weighted by Gasteiger charge is -2.31. The highest BCUT2D eigenvalue weighted by molar-refractivity contribution is 7.91. The number of anilines is 2. The smallest absolute Gasteiger partial charge is 0.258 e. The molecule has 2 N–H and O–H groups in total. The number of benzene rings is 2. The number of piperidine rings is 1. The number of methoxy groups -OCH3 is 1. The van der Waals surface area contributed by atoms with E-state index in [0.29, 0.717) is 55.1 Å². The van der Waals surface area contributed by atoms with Gasteiger partial charge in [-0.15, -0.1) is 11.3 Å². The van der Waals surface area contributed by atoms with Crippen LogP contribution in [-0.4, -0.2) is 63.6 Å². The number of ether oxygens (including phenoxy) is 1. The van der Waals surface area contributed by atoms with Crippen LogP contribution in [0.3, 0.4) is 0 Å². The third-order valence-electron chi connectivity index (χ3n) is 7.83. The van der Waals surface area contributed by atoms with E-state index in [2.05, 4.69) is 5.32 Å². The molecule has 1 atom stereocenters. The zero-order chi connectivity index (χ0) is 30.7. The Morgan fingerprint density at radius 1 is 1.23 bits per heavy atom. The normalized spacial score (nSPS) is 17.5. The van der Waals surface area contributed by atoms with Gasteiger partial charge < -0.3 is 15.0 Å². The standard InChI is InChI=1S/C32H36N4O5S2/c1-4-5-6-13-25(33)30-21(2)19-28(42-30)43(39,40)35-16-8-10-22(20-35)31(37)34-26-14-15-27-29-23(26)11-7-12-24(29)32(38)36(27)17-9-18-41-3/h4-7,11-15,19,22,33H,8-10,16-18,20H2,1-3H3,(H,34,37)/b5-4-,13-6-,33-25?. The first kappa shape index (κ1) is 30.8. The number of hydrogen-bond acceptors (Lipinski definition) is 7. The van der Waals surface area contributed by atoms with Crippen LogP contribution in [-0.2, 0) is 19.6 Å². The Bertz CT molecular complexity index is 1740. The average Bonchev–Trinajstić information content (AvgIpc) is 3.53. The van der Waals surface area contributed by atoms with Gasteiger partial charge in [-0.2, -0.15) is 4.31 Å². The molecule has 0 saturated carbocycles. The van der Waals surface area contributed by atoms with E-state index in [1.165, 1.54) is 4.31 Å². The third kappa shape index (κ3) is 6.08. The number of carbonyl (C=O) groups excluding carboxylic acids is 2. The highest BCUT2D eigenvalue weighted by atomic mass is 32.2. The Kier molecular flexibility index (Phi) is 9.26. The van der Waals surface area contributed by atoms with E-state index in [9.17, 15) is 18.0 Å². The molecule has 0 bridgehead atoms. The molecule has 1 unspecified atom stereocenters. The molecule has 11 heteroatoms. The zero-order valence-corrected chi connectivity index (χ0v) is 26.2. The van der Waals surface area contributed by atoms with Crippen molar-refractivity contribution in [3.05, 3.63) is 76.7 Å². The lowest BCUT2D eigenvalue weighted by Crippen LogP contribution is -2.43. The first-order chi connectivity index (χ1) is 20.7. The van der Waals surface area contributed by atoms with Gasteiger partial charge in [-0.05, 0) is 69.0 Å². The lowest BCUT2D eigenvalue weighted by atomic mass is 9.98. The van der Waals surface area contributed by atoms with Crippen molar-refractivity contribution < 1.29 is 22.7 Å². The van der Waals surface area contributed by atoms with Crippen LogP contribution < -0.4 is 10.2 Å². The second-order valence-corrected chi connectivity index (χ2v) is 13.9. The Balaban J connectivity index is 1.33. The number of thiophene rings is 1. The van der Waals surface area contributed by atoms with Crippen LogP contribution in [0.2, 0.25) is 0 Å². The molecule has 3 heterocycles. The summed E-state index contributed by atoms with van der Waals surface area (Å²) in [6.45, 7) is 5.19. The van der Waals surface area contributed by atoms with E-state index in [-0.39, 0.29) is 28.3 Å². The van der Waals surface area contributed by atoms with Crippen LogP contribution >= 0.6 is 11.3 Å². The summed E-state index contributed by atoms with van der Waals surface area (Å²) in [4.78, 5) is 29.0. The van der Waals surface area contributed by atoms with Gasteiger partial charge in [0.05, 0.1) is 22.2 Å². The second kappa shape index (κ2) is 12.9. The number of nitrogens with one attached hydrogen (secondary N) is 2. The summed E-state index contributed by atoms with van der Waals surface area (Å²) in [5, 5.41) is 13.0.